The summed E-state index contributed by atoms with van der Waals surface area (Å²) in [6.07, 6.45) is 2.16. The summed E-state index contributed by atoms with van der Waals surface area (Å²) in [5, 5.41) is 6.86. The number of aryl methyl sites for hydroxylation is 2. The molecule has 0 saturated carbocycles. The molecule has 0 spiro atoms. The number of nitrogens with zero attached hydrogens (tertiary/aromatic N) is 4. The molecule has 1 amide bonds. The average Bonchev–Trinajstić information content (AvgIpc) is 3.09. The molecule has 0 saturated heterocycles. The molecule has 2 aromatic heterocycles. The van der Waals surface area contributed by atoms with E-state index in [1.54, 1.807) is 22.7 Å². The molecule has 0 bridgehead atoms. The summed E-state index contributed by atoms with van der Waals surface area (Å²) >= 11 is 0. The van der Waals surface area contributed by atoms with Gasteiger partial charge in [0.25, 0.3) is 5.78 Å². The third-order valence-electron chi connectivity index (χ3n) is 4.26. The van der Waals surface area contributed by atoms with Crippen molar-refractivity contribution in [2.24, 2.45) is 0 Å². The van der Waals surface area contributed by atoms with E-state index in [1.807, 2.05) is 13.8 Å². The van der Waals surface area contributed by atoms with Crippen molar-refractivity contribution in [1.82, 2.24) is 24.9 Å². The van der Waals surface area contributed by atoms with E-state index in [2.05, 4.69) is 25.1 Å². The molecule has 0 aliphatic heterocycles. The van der Waals surface area contributed by atoms with Gasteiger partial charge in [-0.15, -0.1) is 0 Å². The largest absolute Gasteiger partial charge is 0.434 e. The number of fused-ring (bicyclic) bond motifs is 1. The SMILES string of the molecule is Cc1nc2ncnn2c(C)c1CCC(=O)NCc1ccccc1OC(F)F. The maximum absolute atomic E-state index is 12.4. The van der Waals surface area contributed by atoms with Gasteiger partial charge < -0.3 is 10.1 Å². The van der Waals surface area contributed by atoms with Crippen LogP contribution in [-0.4, -0.2) is 32.1 Å². The van der Waals surface area contributed by atoms with Crippen LogP contribution >= 0.6 is 0 Å². The minimum atomic E-state index is -2.91. The van der Waals surface area contributed by atoms with E-state index in [4.69, 9.17) is 0 Å². The molecule has 2 heterocycles. The lowest BCUT2D eigenvalue weighted by atomic mass is 10.1. The second-order valence-electron chi connectivity index (χ2n) is 6.00. The van der Waals surface area contributed by atoms with Gasteiger partial charge in [0.05, 0.1) is 0 Å². The number of rotatable bonds is 7. The van der Waals surface area contributed by atoms with Crippen LogP contribution in [0.25, 0.3) is 5.78 Å². The minimum absolute atomic E-state index is 0.0559. The lowest BCUT2D eigenvalue weighted by Gasteiger charge is -2.12. The van der Waals surface area contributed by atoms with Gasteiger partial charge in [-0.25, -0.2) is 9.50 Å². The van der Waals surface area contributed by atoms with Crippen LogP contribution in [-0.2, 0) is 17.8 Å². The highest BCUT2D eigenvalue weighted by Gasteiger charge is 2.13. The number of halogens is 2. The molecule has 1 aromatic carbocycles. The normalized spacial score (nSPS) is 11.1. The molecule has 1 N–H and O–H groups in total. The van der Waals surface area contributed by atoms with E-state index < -0.39 is 6.61 Å². The monoisotopic (exact) mass is 375 g/mol. The lowest BCUT2D eigenvalue weighted by molar-refractivity contribution is -0.121. The van der Waals surface area contributed by atoms with Crippen LogP contribution in [0.2, 0.25) is 0 Å². The third-order valence-corrected chi connectivity index (χ3v) is 4.26. The summed E-state index contributed by atoms with van der Waals surface area (Å²) < 4.78 is 31.0. The van der Waals surface area contributed by atoms with Crippen LogP contribution in [0.3, 0.4) is 0 Å². The maximum atomic E-state index is 12.4. The predicted molar refractivity (Wildman–Crippen MR) is 93.5 cm³/mol. The number of ether oxygens (including phenoxy) is 1. The first-order valence-electron chi connectivity index (χ1n) is 8.41. The van der Waals surface area contributed by atoms with Crippen molar-refractivity contribution in [2.75, 3.05) is 0 Å². The van der Waals surface area contributed by atoms with Crippen molar-refractivity contribution in [2.45, 2.75) is 39.8 Å². The van der Waals surface area contributed by atoms with E-state index in [-0.39, 0.29) is 24.6 Å². The smallest absolute Gasteiger partial charge is 0.387 e. The average molecular weight is 375 g/mol. The summed E-state index contributed by atoms with van der Waals surface area (Å²) in [5.74, 6) is 0.383. The second-order valence-corrected chi connectivity index (χ2v) is 6.00. The van der Waals surface area contributed by atoms with Gasteiger partial charge in [-0.1, -0.05) is 18.2 Å². The zero-order chi connectivity index (χ0) is 19.4. The fraction of sp³-hybridized carbons (Fsp3) is 0.333. The van der Waals surface area contributed by atoms with Crippen LogP contribution in [0.4, 0.5) is 8.78 Å². The number of amides is 1. The van der Waals surface area contributed by atoms with Gasteiger partial charge in [0, 0.05) is 29.9 Å². The van der Waals surface area contributed by atoms with Crippen molar-refractivity contribution in [1.29, 1.82) is 0 Å². The van der Waals surface area contributed by atoms with Gasteiger partial charge in [-0.2, -0.15) is 18.9 Å². The number of hydrogen-bond donors (Lipinski definition) is 1. The van der Waals surface area contributed by atoms with E-state index in [1.165, 1.54) is 12.4 Å². The fourth-order valence-electron chi connectivity index (χ4n) is 2.90. The Morgan fingerprint density at radius 1 is 1.30 bits per heavy atom. The Balaban J connectivity index is 1.61. The number of benzene rings is 1. The van der Waals surface area contributed by atoms with Crippen molar-refractivity contribution >= 4 is 11.7 Å². The molecular formula is C18H19F2N5O2. The molecule has 3 aromatic rings. The van der Waals surface area contributed by atoms with Crippen LogP contribution < -0.4 is 10.1 Å². The zero-order valence-electron chi connectivity index (χ0n) is 14.9. The van der Waals surface area contributed by atoms with Crippen molar-refractivity contribution in [3.63, 3.8) is 0 Å². The highest BCUT2D eigenvalue weighted by atomic mass is 19.3. The van der Waals surface area contributed by atoms with Gasteiger partial charge in [-0.3, -0.25) is 4.79 Å². The number of hydrogen-bond acceptors (Lipinski definition) is 5. The Morgan fingerprint density at radius 3 is 2.85 bits per heavy atom. The van der Waals surface area contributed by atoms with E-state index in [0.29, 0.717) is 17.8 Å². The molecule has 7 nitrogen and oxygen atoms in total. The van der Waals surface area contributed by atoms with Gasteiger partial charge in [-0.05, 0) is 31.9 Å². The van der Waals surface area contributed by atoms with Gasteiger partial charge in [0.15, 0.2) is 0 Å². The van der Waals surface area contributed by atoms with Crippen LogP contribution in [0.1, 0.15) is 28.9 Å². The van der Waals surface area contributed by atoms with Crippen LogP contribution in [0.5, 0.6) is 5.75 Å². The molecule has 0 atom stereocenters. The molecule has 142 valence electrons. The summed E-state index contributed by atoms with van der Waals surface area (Å²) in [6, 6.07) is 6.38. The Morgan fingerprint density at radius 2 is 2.07 bits per heavy atom. The second kappa shape index (κ2) is 8.07. The van der Waals surface area contributed by atoms with E-state index in [9.17, 15) is 13.6 Å². The van der Waals surface area contributed by atoms with Crippen LogP contribution in [0.15, 0.2) is 30.6 Å². The highest BCUT2D eigenvalue weighted by Crippen LogP contribution is 2.20. The molecule has 0 aliphatic rings. The van der Waals surface area contributed by atoms with E-state index in [0.717, 1.165) is 17.0 Å². The summed E-state index contributed by atoms with van der Waals surface area (Å²) in [4.78, 5) is 20.6. The Hall–Kier alpha value is -3.10. The van der Waals surface area contributed by atoms with Gasteiger partial charge >= 0.3 is 6.61 Å². The quantitative estimate of drug-likeness (QED) is 0.686. The number of para-hydroxylation sites is 1. The first-order valence-corrected chi connectivity index (χ1v) is 8.41. The van der Waals surface area contributed by atoms with Gasteiger partial charge in [0.2, 0.25) is 5.91 Å². The van der Waals surface area contributed by atoms with Gasteiger partial charge in [0.1, 0.15) is 12.1 Å². The molecular weight excluding hydrogens is 356 g/mol. The highest BCUT2D eigenvalue weighted by molar-refractivity contribution is 5.76. The summed E-state index contributed by atoms with van der Waals surface area (Å²) in [5.41, 5.74) is 3.11. The summed E-state index contributed by atoms with van der Waals surface area (Å²) in [6.45, 7) is 0.973. The summed E-state index contributed by atoms with van der Waals surface area (Å²) in [7, 11) is 0. The van der Waals surface area contributed by atoms with E-state index >= 15 is 0 Å². The number of nitrogens with one attached hydrogen (secondary N) is 1. The first-order chi connectivity index (χ1) is 13.0. The number of carbonyl (C=O) groups excluding carboxylic acids is 1. The predicted octanol–water partition coefficient (Wildman–Crippen LogP) is 2.59. The molecule has 0 fully saturated rings. The molecule has 0 aliphatic carbocycles. The Labute approximate surface area is 154 Å². The number of aromatic nitrogens is 4. The third kappa shape index (κ3) is 4.36. The lowest BCUT2D eigenvalue weighted by Crippen LogP contribution is -2.24. The topological polar surface area (TPSA) is 81.4 Å². The van der Waals surface area contributed by atoms with Crippen molar-refractivity contribution in [3.05, 3.63) is 53.1 Å². The number of carbonyl (C=O) groups is 1. The molecule has 3 rings (SSSR count). The fourth-order valence-corrected chi connectivity index (χ4v) is 2.90. The number of alkyl halides is 2. The Bertz CT molecular complexity index is 958. The Kier molecular flexibility index (Phi) is 5.58. The zero-order valence-corrected chi connectivity index (χ0v) is 14.9. The van der Waals surface area contributed by atoms with Crippen LogP contribution in [0, 0.1) is 13.8 Å². The standard InChI is InChI=1S/C18H19F2N5O2/c1-11-14(12(2)25-18(24-11)22-10-23-25)7-8-16(26)21-9-13-5-3-4-6-15(13)27-17(19)20/h3-6,10,17H,7-9H2,1-2H3,(H,21,26). The molecule has 27 heavy (non-hydrogen) atoms. The van der Waals surface area contributed by atoms with Crippen molar-refractivity contribution < 1.29 is 18.3 Å². The van der Waals surface area contributed by atoms with Crippen molar-refractivity contribution in [3.8, 4) is 5.75 Å². The first kappa shape index (κ1) is 18.7. The maximum Gasteiger partial charge on any atom is 0.387 e. The molecule has 0 unspecified atom stereocenters. The minimum Gasteiger partial charge on any atom is -0.434 e. The molecule has 9 heteroatoms. The molecule has 0 radical (unpaired) electrons.